The Hall–Kier alpha value is -1.46. The molecule has 7 heteroatoms. The molecule has 0 spiro atoms. The van der Waals surface area contributed by atoms with E-state index in [0.29, 0.717) is 5.56 Å². The van der Waals surface area contributed by atoms with E-state index in [1.165, 1.54) is 22.8 Å². The van der Waals surface area contributed by atoms with Crippen molar-refractivity contribution in [2.75, 3.05) is 19.7 Å². The Morgan fingerprint density at radius 2 is 2.15 bits per heavy atom. The van der Waals surface area contributed by atoms with Crippen molar-refractivity contribution in [3.63, 3.8) is 0 Å². The molecule has 0 aliphatic carbocycles. The van der Waals surface area contributed by atoms with Crippen molar-refractivity contribution in [1.29, 1.82) is 0 Å². The molecular formula is C13H19N3O3S. The predicted molar refractivity (Wildman–Crippen MR) is 76.3 cm³/mol. The first-order chi connectivity index (χ1) is 9.43. The molecule has 0 saturated carbocycles. The Bertz CT molecular complexity index is 603. The lowest BCUT2D eigenvalue weighted by atomic mass is 10.3. The Morgan fingerprint density at radius 3 is 2.70 bits per heavy atom. The third-order valence-corrected chi connectivity index (χ3v) is 4.59. The number of pyridine rings is 1. The highest BCUT2D eigenvalue weighted by atomic mass is 32.2. The van der Waals surface area contributed by atoms with Crippen LogP contribution in [0.2, 0.25) is 0 Å². The Balaban J connectivity index is 3.20. The van der Waals surface area contributed by atoms with E-state index in [1.807, 2.05) is 0 Å². The van der Waals surface area contributed by atoms with Crippen LogP contribution in [0.25, 0.3) is 0 Å². The maximum atomic E-state index is 12.5. The van der Waals surface area contributed by atoms with Crippen molar-refractivity contribution < 1.29 is 13.5 Å². The van der Waals surface area contributed by atoms with E-state index in [1.54, 1.807) is 13.8 Å². The number of rotatable bonds is 5. The minimum atomic E-state index is -3.70. The maximum absolute atomic E-state index is 12.5. The molecular weight excluding hydrogens is 278 g/mol. The van der Waals surface area contributed by atoms with Crippen LogP contribution in [0.15, 0.2) is 23.4 Å². The first-order valence-corrected chi connectivity index (χ1v) is 7.64. The zero-order valence-corrected chi connectivity index (χ0v) is 12.4. The Kier molecular flexibility index (Phi) is 6.10. The van der Waals surface area contributed by atoms with Gasteiger partial charge in [0, 0.05) is 30.5 Å². The van der Waals surface area contributed by atoms with E-state index in [4.69, 9.17) is 10.8 Å². The van der Waals surface area contributed by atoms with Crippen LogP contribution in [0, 0.1) is 11.8 Å². The van der Waals surface area contributed by atoms with Crippen LogP contribution >= 0.6 is 0 Å². The van der Waals surface area contributed by atoms with Crippen LogP contribution in [0.4, 0.5) is 0 Å². The molecule has 0 aliphatic heterocycles. The number of aromatic nitrogens is 1. The second-order valence-electron chi connectivity index (χ2n) is 4.35. The Labute approximate surface area is 119 Å². The fourth-order valence-electron chi connectivity index (χ4n) is 1.67. The number of nitrogens with two attached hydrogens (primary N) is 1. The molecule has 1 heterocycles. The fraction of sp³-hybridized carbons (Fsp3) is 0.462. The summed E-state index contributed by atoms with van der Waals surface area (Å²) >= 11 is 0. The lowest BCUT2D eigenvalue weighted by Gasteiger charge is -2.24. The molecule has 1 aromatic rings. The molecule has 0 amide bonds. The summed E-state index contributed by atoms with van der Waals surface area (Å²) in [6.45, 7) is 3.49. The number of hydrogen-bond acceptors (Lipinski definition) is 5. The van der Waals surface area contributed by atoms with E-state index in [-0.39, 0.29) is 30.6 Å². The van der Waals surface area contributed by atoms with E-state index in [9.17, 15) is 8.42 Å². The van der Waals surface area contributed by atoms with Crippen LogP contribution in [0.5, 0.6) is 0 Å². The molecule has 0 fully saturated rings. The molecule has 1 rings (SSSR count). The first-order valence-electron chi connectivity index (χ1n) is 6.20. The quantitative estimate of drug-likeness (QED) is 0.733. The van der Waals surface area contributed by atoms with E-state index >= 15 is 0 Å². The number of nitrogens with zero attached hydrogens (tertiary/aromatic N) is 2. The largest absolute Gasteiger partial charge is 0.395 e. The van der Waals surface area contributed by atoms with Crippen molar-refractivity contribution in [3.05, 3.63) is 24.0 Å². The molecule has 6 nitrogen and oxygen atoms in total. The second kappa shape index (κ2) is 7.36. The summed E-state index contributed by atoms with van der Waals surface area (Å²) in [5.41, 5.74) is 5.77. The smallest absolute Gasteiger partial charge is 0.244 e. The number of sulfonamides is 1. The highest BCUT2D eigenvalue weighted by Crippen LogP contribution is 2.17. The van der Waals surface area contributed by atoms with Gasteiger partial charge in [-0.15, -0.1) is 0 Å². The van der Waals surface area contributed by atoms with Crippen molar-refractivity contribution in [2.24, 2.45) is 5.73 Å². The van der Waals surface area contributed by atoms with Crippen LogP contribution in [-0.2, 0) is 10.0 Å². The predicted octanol–water partition coefficient (Wildman–Crippen LogP) is -0.217. The molecule has 0 aliphatic rings. The SMILES string of the molecule is CC(C)N(CCO)S(=O)(=O)c1cncc(C#CCN)c1. The van der Waals surface area contributed by atoms with Crippen molar-refractivity contribution in [2.45, 2.75) is 24.8 Å². The van der Waals surface area contributed by atoms with Gasteiger partial charge in [-0.3, -0.25) is 4.98 Å². The van der Waals surface area contributed by atoms with Gasteiger partial charge in [0.15, 0.2) is 0 Å². The van der Waals surface area contributed by atoms with Gasteiger partial charge in [-0.05, 0) is 19.9 Å². The van der Waals surface area contributed by atoms with Crippen LogP contribution in [-0.4, -0.2) is 48.6 Å². The van der Waals surface area contributed by atoms with Gasteiger partial charge in [0.05, 0.1) is 13.2 Å². The molecule has 0 unspecified atom stereocenters. The van der Waals surface area contributed by atoms with Crippen molar-refractivity contribution in [1.82, 2.24) is 9.29 Å². The molecule has 0 saturated heterocycles. The zero-order chi connectivity index (χ0) is 15.2. The Morgan fingerprint density at radius 1 is 1.45 bits per heavy atom. The lowest BCUT2D eigenvalue weighted by Crippen LogP contribution is -2.39. The highest BCUT2D eigenvalue weighted by Gasteiger charge is 2.26. The topological polar surface area (TPSA) is 96.5 Å². The second-order valence-corrected chi connectivity index (χ2v) is 6.24. The summed E-state index contributed by atoms with van der Waals surface area (Å²) in [6.07, 6.45) is 2.75. The molecule has 20 heavy (non-hydrogen) atoms. The fourth-order valence-corrected chi connectivity index (χ4v) is 3.29. The standard InChI is InChI=1S/C13H19N3O3S/c1-11(2)16(6-7-17)20(18,19)13-8-12(4-3-5-14)9-15-10-13/h8-11,17H,5-7,14H2,1-2H3. The molecule has 0 bridgehead atoms. The van der Waals surface area contributed by atoms with Gasteiger partial charge in [0.2, 0.25) is 10.0 Å². The monoisotopic (exact) mass is 297 g/mol. The molecule has 1 aromatic heterocycles. The zero-order valence-electron chi connectivity index (χ0n) is 11.6. The van der Waals surface area contributed by atoms with Crippen molar-refractivity contribution >= 4 is 10.0 Å². The van der Waals surface area contributed by atoms with Crippen molar-refractivity contribution in [3.8, 4) is 11.8 Å². The summed E-state index contributed by atoms with van der Waals surface area (Å²) in [6, 6.07) is 1.20. The summed E-state index contributed by atoms with van der Waals surface area (Å²) < 4.78 is 26.2. The minimum absolute atomic E-state index is 0.0404. The van der Waals surface area contributed by atoms with Crippen LogP contribution in [0.3, 0.4) is 0 Å². The van der Waals surface area contributed by atoms with E-state index in [0.717, 1.165) is 0 Å². The molecule has 3 N–H and O–H groups in total. The van der Waals surface area contributed by atoms with Gasteiger partial charge in [0.1, 0.15) is 4.90 Å². The first kappa shape index (κ1) is 16.6. The molecule has 0 atom stereocenters. The average Bonchev–Trinajstić information content (AvgIpc) is 2.42. The van der Waals surface area contributed by atoms with E-state index in [2.05, 4.69) is 16.8 Å². The third kappa shape index (κ3) is 4.02. The summed E-state index contributed by atoms with van der Waals surface area (Å²) in [4.78, 5) is 3.95. The maximum Gasteiger partial charge on any atom is 0.244 e. The lowest BCUT2D eigenvalue weighted by molar-refractivity contribution is 0.236. The van der Waals surface area contributed by atoms with Gasteiger partial charge in [-0.1, -0.05) is 11.8 Å². The third-order valence-electron chi connectivity index (χ3n) is 2.55. The van der Waals surface area contributed by atoms with E-state index < -0.39 is 10.0 Å². The average molecular weight is 297 g/mol. The molecule has 110 valence electrons. The molecule has 0 aromatic carbocycles. The number of aliphatic hydroxyl groups excluding tert-OH is 1. The van der Waals surface area contributed by atoms with Crippen LogP contribution < -0.4 is 5.73 Å². The summed E-state index contributed by atoms with van der Waals surface area (Å²) in [5.74, 6) is 5.40. The summed E-state index contributed by atoms with van der Waals surface area (Å²) in [7, 11) is -3.70. The van der Waals surface area contributed by atoms with Gasteiger partial charge in [-0.2, -0.15) is 4.31 Å². The highest BCUT2D eigenvalue weighted by molar-refractivity contribution is 7.89. The van der Waals surface area contributed by atoms with Gasteiger partial charge < -0.3 is 10.8 Å². The van der Waals surface area contributed by atoms with Gasteiger partial charge >= 0.3 is 0 Å². The van der Waals surface area contributed by atoms with Gasteiger partial charge in [-0.25, -0.2) is 8.42 Å². The van der Waals surface area contributed by atoms with Gasteiger partial charge in [0.25, 0.3) is 0 Å². The number of aliphatic hydroxyl groups is 1. The molecule has 0 radical (unpaired) electrons. The minimum Gasteiger partial charge on any atom is -0.395 e. The normalized spacial score (nSPS) is 11.5. The summed E-state index contributed by atoms with van der Waals surface area (Å²) in [5, 5.41) is 9.01. The number of hydrogen-bond donors (Lipinski definition) is 2. The van der Waals surface area contributed by atoms with Crippen LogP contribution in [0.1, 0.15) is 19.4 Å².